The zero-order valence-electron chi connectivity index (χ0n) is 11.1. The summed E-state index contributed by atoms with van der Waals surface area (Å²) in [6.07, 6.45) is 0. The molecule has 6 heteroatoms. The number of nitrogens with zero attached hydrogens (tertiary/aromatic N) is 2. The van der Waals surface area contributed by atoms with Gasteiger partial charge in [-0.15, -0.1) is 0 Å². The number of halogens is 1. The molecule has 3 aromatic rings. The van der Waals surface area contributed by atoms with Crippen molar-refractivity contribution in [2.24, 2.45) is 0 Å². The molecule has 0 saturated carbocycles. The first kappa shape index (κ1) is 12.9. The Bertz CT molecular complexity index is 769. The van der Waals surface area contributed by atoms with Crippen LogP contribution in [0.4, 0.5) is 5.82 Å². The van der Waals surface area contributed by atoms with E-state index in [2.05, 4.69) is 36.2 Å². The number of benzene rings is 1. The lowest BCUT2D eigenvalue weighted by atomic mass is 10.2. The molecule has 0 saturated heterocycles. The van der Waals surface area contributed by atoms with Gasteiger partial charge < -0.3 is 15.0 Å². The van der Waals surface area contributed by atoms with Crippen LogP contribution in [-0.2, 0) is 0 Å². The molecule has 20 heavy (non-hydrogen) atoms. The van der Waals surface area contributed by atoms with Crippen LogP contribution in [0.5, 0.6) is 5.75 Å². The van der Waals surface area contributed by atoms with E-state index in [0.29, 0.717) is 5.65 Å². The van der Waals surface area contributed by atoms with Gasteiger partial charge in [0.05, 0.1) is 17.1 Å². The number of ether oxygens (including phenoxy) is 1. The summed E-state index contributed by atoms with van der Waals surface area (Å²) in [5.41, 5.74) is 2.58. The second-order valence-electron chi connectivity index (χ2n) is 4.25. The average Bonchev–Trinajstić information content (AvgIpc) is 2.89. The molecule has 2 heterocycles. The van der Waals surface area contributed by atoms with Crippen molar-refractivity contribution in [3.63, 3.8) is 0 Å². The second-order valence-corrected chi connectivity index (χ2v) is 5.11. The number of H-pyrrole nitrogens is 1. The molecule has 0 radical (unpaired) electrons. The van der Waals surface area contributed by atoms with Gasteiger partial charge in [-0.3, -0.25) is 0 Å². The maximum atomic E-state index is 5.23. The van der Waals surface area contributed by atoms with Crippen LogP contribution < -0.4 is 10.1 Å². The Morgan fingerprint density at radius 2 is 2.05 bits per heavy atom. The van der Waals surface area contributed by atoms with Gasteiger partial charge in [-0.1, -0.05) is 0 Å². The molecule has 0 aliphatic carbocycles. The van der Waals surface area contributed by atoms with Gasteiger partial charge >= 0.3 is 0 Å². The number of aromatic amines is 1. The van der Waals surface area contributed by atoms with Gasteiger partial charge in [-0.2, -0.15) is 0 Å². The Balaban J connectivity index is 2.07. The molecule has 0 atom stereocenters. The molecule has 0 spiro atoms. The van der Waals surface area contributed by atoms with Gasteiger partial charge in [0.15, 0.2) is 5.65 Å². The third-order valence-electron chi connectivity index (χ3n) is 3.03. The maximum absolute atomic E-state index is 5.23. The van der Waals surface area contributed by atoms with Gasteiger partial charge in [0.2, 0.25) is 0 Å². The molecule has 0 unspecified atom stereocenters. The Kier molecular flexibility index (Phi) is 3.31. The Morgan fingerprint density at radius 3 is 2.75 bits per heavy atom. The molecule has 2 aromatic heterocycles. The summed E-state index contributed by atoms with van der Waals surface area (Å²) in [5, 5.41) is 3.00. The van der Waals surface area contributed by atoms with Crippen LogP contribution in [0, 0.1) is 0 Å². The zero-order valence-corrected chi connectivity index (χ0v) is 12.7. The number of hydrogen-bond donors (Lipinski definition) is 2. The van der Waals surface area contributed by atoms with Crippen LogP contribution in [0.15, 0.2) is 34.8 Å². The minimum absolute atomic E-state index is 0.693. The first-order chi connectivity index (χ1) is 9.71. The minimum Gasteiger partial charge on any atom is -0.496 e. The van der Waals surface area contributed by atoms with Crippen LogP contribution in [0.2, 0.25) is 0 Å². The molecule has 1 aromatic carbocycles. The minimum atomic E-state index is 0.693. The SMILES string of the molecule is CNc1ccc2[nH]c(-c3ccc(OC)c(Br)c3)nc2n1. The maximum Gasteiger partial charge on any atom is 0.180 e. The molecule has 3 rings (SSSR count). The van der Waals surface area contributed by atoms with Crippen LogP contribution in [0.1, 0.15) is 0 Å². The Hall–Kier alpha value is -2.08. The van der Waals surface area contributed by atoms with Crippen LogP contribution in [0.25, 0.3) is 22.6 Å². The van der Waals surface area contributed by atoms with E-state index in [1.165, 1.54) is 0 Å². The highest BCUT2D eigenvalue weighted by Crippen LogP contribution is 2.30. The Labute approximate surface area is 124 Å². The summed E-state index contributed by atoms with van der Waals surface area (Å²) in [6, 6.07) is 9.70. The fourth-order valence-corrected chi connectivity index (χ4v) is 2.52. The predicted molar refractivity (Wildman–Crippen MR) is 83.1 cm³/mol. The summed E-state index contributed by atoms with van der Waals surface area (Å²) in [6.45, 7) is 0. The van der Waals surface area contributed by atoms with E-state index >= 15 is 0 Å². The fourth-order valence-electron chi connectivity index (χ4n) is 1.98. The summed E-state index contributed by atoms with van der Waals surface area (Å²) in [4.78, 5) is 12.2. The smallest absolute Gasteiger partial charge is 0.180 e. The molecule has 5 nitrogen and oxygen atoms in total. The highest BCUT2D eigenvalue weighted by Gasteiger charge is 2.09. The number of nitrogens with one attached hydrogen (secondary N) is 2. The van der Waals surface area contributed by atoms with Crippen molar-refractivity contribution in [3.05, 3.63) is 34.8 Å². The van der Waals surface area contributed by atoms with Crippen LogP contribution in [0.3, 0.4) is 0 Å². The zero-order chi connectivity index (χ0) is 14.1. The standard InChI is InChI=1S/C14H13BrN4O/c1-16-12-6-4-10-14(18-12)19-13(17-10)8-3-5-11(20-2)9(15)7-8/h3-7H,1-2H3,(H2,16,17,18,19). The van der Waals surface area contributed by atoms with Crippen molar-refractivity contribution in [2.75, 3.05) is 19.5 Å². The molecule has 102 valence electrons. The second kappa shape index (κ2) is 5.13. The summed E-state index contributed by atoms with van der Waals surface area (Å²) in [5.74, 6) is 2.37. The lowest BCUT2D eigenvalue weighted by Crippen LogP contribution is -1.91. The average molecular weight is 333 g/mol. The molecule has 0 bridgehead atoms. The highest BCUT2D eigenvalue weighted by atomic mass is 79.9. The number of hydrogen-bond acceptors (Lipinski definition) is 4. The first-order valence-corrected chi connectivity index (χ1v) is 6.89. The number of methoxy groups -OCH3 is 1. The number of anilines is 1. The summed E-state index contributed by atoms with van der Waals surface area (Å²) < 4.78 is 6.12. The number of pyridine rings is 1. The molecule has 0 aliphatic rings. The molecule has 0 aliphatic heterocycles. The molecular weight excluding hydrogens is 320 g/mol. The number of fused-ring (bicyclic) bond motifs is 1. The van der Waals surface area contributed by atoms with Gasteiger partial charge in [-0.25, -0.2) is 9.97 Å². The van der Waals surface area contributed by atoms with Crippen molar-refractivity contribution in [1.29, 1.82) is 0 Å². The molecule has 0 amide bonds. The van der Waals surface area contributed by atoms with Gasteiger partial charge in [0.1, 0.15) is 17.4 Å². The van der Waals surface area contributed by atoms with E-state index in [4.69, 9.17) is 4.74 Å². The molecular formula is C14H13BrN4O. The predicted octanol–water partition coefficient (Wildman–Crippen LogP) is 3.44. The van der Waals surface area contributed by atoms with Crippen LogP contribution in [-0.4, -0.2) is 29.1 Å². The number of aromatic nitrogens is 3. The summed E-state index contributed by atoms with van der Waals surface area (Å²) >= 11 is 3.48. The van der Waals surface area contributed by atoms with Crippen molar-refractivity contribution in [2.45, 2.75) is 0 Å². The van der Waals surface area contributed by atoms with Gasteiger partial charge in [0.25, 0.3) is 0 Å². The number of rotatable bonds is 3. The van der Waals surface area contributed by atoms with Crippen molar-refractivity contribution < 1.29 is 4.74 Å². The van der Waals surface area contributed by atoms with E-state index in [9.17, 15) is 0 Å². The van der Waals surface area contributed by atoms with Crippen molar-refractivity contribution in [1.82, 2.24) is 15.0 Å². The van der Waals surface area contributed by atoms with E-state index in [0.717, 1.165) is 32.9 Å². The quantitative estimate of drug-likeness (QED) is 0.771. The third-order valence-corrected chi connectivity index (χ3v) is 3.65. The van der Waals surface area contributed by atoms with Gasteiger partial charge in [0, 0.05) is 12.6 Å². The number of imidazole rings is 1. The monoisotopic (exact) mass is 332 g/mol. The van der Waals surface area contributed by atoms with Crippen LogP contribution >= 0.6 is 15.9 Å². The normalized spacial score (nSPS) is 10.8. The van der Waals surface area contributed by atoms with Gasteiger partial charge in [-0.05, 0) is 46.3 Å². The van der Waals surface area contributed by atoms with Crippen molar-refractivity contribution >= 4 is 32.9 Å². The van der Waals surface area contributed by atoms with E-state index in [1.54, 1.807) is 7.11 Å². The third kappa shape index (κ3) is 2.22. The van der Waals surface area contributed by atoms with E-state index in [1.807, 2.05) is 37.4 Å². The lowest BCUT2D eigenvalue weighted by Gasteiger charge is -2.04. The lowest BCUT2D eigenvalue weighted by molar-refractivity contribution is 0.412. The first-order valence-electron chi connectivity index (χ1n) is 6.09. The molecule has 0 fully saturated rings. The fraction of sp³-hybridized carbons (Fsp3) is 0.143. The van der Waals surface area contributed by atoms with E-state index in [-0.39, 0.29) is 0 Å². The molecule has 2 N–H and O–H groups in total. The Morgan fingerprint density at radius 1 is 1.20 bits per heavy atom. The largest absolute Gasteiger partial charge is 0.496 e. The van der Waals surface area contributed by atoms with Crippen molar-refractivity contribution in [3.8, 4) is 17.1 Å². The van der Waals surface area contributed by atoms with E-state index < -0.39 is 0 Å². The topological polar surface area (TPSA) is 62.8 Å². The highest BCUT2D eigenvalue weighted by molar-refractivity contribution is 9.10. The summed E-state index contributed by atoms with van der Waals surface area (Å²) in [7, 11) is 3.48.